The molecule has 4 heterocycles. The number of aryl methyl sites for hydroxylation is 1. The number of carbonyl (C=O) groups excluding carboxylic acids is 1. The van der Waals surface area contributed by atoms with Crippen LogP contribution < -0.4 is 10.1 Å². The zero-order valence-electron chi connectivity index (χ0n) is 16.8. The molecule has 0 bridgehead atoms. The van der Waals surface area contributed by atoms with Crippen molar-refractivity contribution >= 4 is 45.0 Å². The molecule has 0 fully saturated rings. The molecule has 5 aromatic rings. The zero-order valence-corrected chi connectivity index (χ0v) is 19.2. The van der Waals surface area contributed by atoms with E-state index in [1.54, 1.807) is 53.9 Å². The number of rotatable bonds is 7. The van der Waals surface area contributed by atoms with Crippen molar-refractivity contribution in [1.82, 2.24) is 15.1 Å². The van der Waals surface area contributed by atoms with Crippen molar-refractivity contribution < 1.29 is 14.1 Å². The minimum atomic E-state index is -0.297. The number of aromatic nitrogens is 3. The van der Waals surface area contributed by atoms with Gasteiger partial charge in [-0.3, -0.25) is 10.1 Å². The van der Waals surface area contributed by atoms with Crippen LogP contribution in [0.3, 0.4) is 0 Å². The van der Waals surface area contributed by atoms with Crippen LogP contribution in [0.2, 0.25) is 0 Å². The molecule has 0 unspecified atom stereocenters. The van der Waals surface area contributed by atoms with Crippen LogP contribution in [0, 0.1) is 6.92 Å². The second-order valence-electron chi connectivity index (χ2n) is 6.62. The molecule has 0 saturated heterocycles. The van der Waals surface area contributed by atoms with Gasteiger partial charge in [-0.1, -0.05) is 40.8 Å². The summed E-state index contributed by atoms with van der Waals surface area (Å²) in [6, 6.07) is 15.1. The summed E-state index contributed by atoms with van der Waals surface area (Å²) in [7, 11) is 0. The Hall–Kier alpha value is -3.34. The van der Waals surface area contributed by atoms with E-state index in [-0.39, 0.29) is 12.5 Å². The molecule has 7 nitrogen and oxygen atoms in total. The molecule has 160 valence electrons. The monoisotopic (exact) mass is 480 g/mol. The van der Waals surface area contributed by atoms with Crippen molar-refractivity contribution in [2.75, 3.05) is 5.32 Å². The van der Waals surface area contributed by atoms with Gasteiger partial charge >= 0.3 is 0 Å². The Balaban J connectivity index is 1.39. The Morgan fingerprint density at radius 3 is 2.53 bits per heavy atom. The quantitative estimate of drug-likeness (QED) is 0.302. The lowest BCUT2D eigenvalue weighted by Crippen LogP contribution is -2.13. The van der Waals surface area contributed by atoms with E-state index in [1.165, 1.54) is 11.3 Å². The molecule has 0 radical (unpaired) electrons. The maximum absolute atomic E-state index is 13.1. The number of anilines is 1. The average Bonchev–Trinajstić information content (AvgIpc) is 3.59. The van der Waals surface area contributed by atoms with Gasteiger partial charge in [-0.2, -0.15) is 4.98 Å². The molecule has 0 saturated carbocycles. The average molecular weight is 481 g/mol. The molecule has 0 spiro atoms. The minimum Gasteiger partial charge on any atom is -0.485 e. The summed E-state index contributed by atoms with van der Waals surface area (Å²) in [4.78, 5) is 25.1. The number of hydrogen-bond acceptors (Lipinski definition) is 9. The van der Waals surface area contributed by atoms with Crippen molar-refractivity contribution in [3.05, 3.63) is 76.6 Å². The lowest BCUT2D eigenvalue weighted by molar-refractivity contribution is 0.102. The number of para-hydroxylation sites is 1. The van der Waals surface area contributed by atoms with Crippen LogP contribution in [0.5, 0.6) is 5.75 Å². The van der Waals surface area contributed by atoms with Gasteiger partial charge in [0.15, 0.2) is 11.7 Å². The van der Waals surface area contributed by atoms with Crippen LogP contribution >= 0.6 is 34.0 Å². The van der Waals surface area contributed by atoms with Gasteiger partial charge in [-0.15, -0.1) is 22.7 Å². The third kappa shape index (κ3) is 4.33. The van der Waals surface area contributed by atoms with E-state index >= 15 is 0 Å². The number of benzene rings is 1. The second-order valence-corrected chi connectivity index (χ2v) is 9.51. The topological polar surface area (TPSA) is 90.1 Å². The van der Waals surface area contributed by atoms with Gasteiger partial charge in [-0.05, 0) is 35.0 Å². The first-order chi connectivity index (χ1) is 15.7. The largest absolute Gasteiger partial charge is 0.485 e. The maximum atomic E-state index is 13.1. The molecule has 0 aliphatic heterocycles. The van der Waals surface area contributed by atoms with Crippen molar-refractivity contribution in [1.29, 1.82) is 0 Å². The van der Waals surface area contributed by atoms with E-state index in [2.05, 4.69) is 21.5 Å². The third-order valence-corrected chi connectivity index (χ3v) is 7.30. The van der Waals surface area contributed by atoms with Crippen LogP contribution in [0.25, 0.3) is 20.3 Å². The normalized spacial score (nSPS) is 10.9. The Labute approximate surface area is 195 Å². The summed E-state index contributed by atoms with van der Waals surface area (Å²) in [6.07, 6.45) is 0. The van der Waals surface area contributed by atoms with Gasteiger partial charge in [0.2, 0.25) is 11.7 Å². The highest BCUT2D eigenvalue weighted by Crippen LogP contribution is 2.42. The molecule has 10 heteroatoms. The standard InChI is InChI=1S/C22H16N4O3S3/c1-13-23-18(26-29-13)12-28-15-7-3-2-6-14(15)21(27)25-22-24-19(16-8-4-10-30-16)20(32-22)17-9-5-11-31-17/h2-11H,12H2,1H3,(H,24,25,27). The molecule has 0 atom stereocenters. The highest BCUT2D eigenvalue weighted by molar-refractivity contribution is 7.24. The van der Waals surface area contributed by atoms with Crippen molar-refractivity contribution in [3.63, 3.8) is 0 Å². The van der Waals surface area contributed by atoms with E-state index in [0.717, 1.165) is 20.3 Å². The smallest absolute Gasteiger partial charge is 0.261 e. The number of amides is 1. The fourth-order valence-corrected chi connectivity index (χ4v) is 5.63. The Kier molecular flexibility index (Phi) is 5.80. The molecule has 4 aromatic heterocycles. The molecule has 0 aliphatic rings. The van der Waals surface area contributed by atoms with Crippen LogP contribution in [0.4, 0.5) is 5.13 Å². The van der Waals surface area contributed by atoms with Crippen molar-refractivity contribution in [2.45, 2.75) is 13.5 Å². The van der Waals surface area contributed by atoms with Crippen LogP contribution in [0.15, 0.2) is 63.8 Å². The fourth-order valence-electron chi connectivity index (χ4n) is 3.02. The number of hydrogen-bond donors (Lipinski definition) is 1. The number of thiophene rings is 2. The predicted molar refractivity (Wildman–Crippen MR) is 127 cm³/mol. The number of ether oxygens (including phenoxy) is 1. The van der Waals surface area contributed by atoms with Crippen LogP contribution in [0.1, 0.15) is 22.1 Å². The maximum Gasteiger partial charge on any atom is 0.261 e. The van der Waals surface area contributed by atoms with Gasteiger partial charge in [0.05, 0.1) is 15.3 Å². The summed E-state index contributed by atoms with van der Waals surface area (Å²) in [5.41, 5.74) is 1.28. The first kappa shape index (κ1) is 20.6. The number of carbonyl (C=O) groups is 1. The lowest BCUT2D eigenvalue weighted by atomic mass is 10.2. The predicted octanol–water partition coefficient (Wildman–Crippen LogP) is 6.12. The lowest BCUT2D eigenvalue weighted by Gasteiger charge is -2.09. The second kappa shape index (κ2) is 9.03. The number of nitrogens with one attached hydrogen (secondary N) is 1. The molecule has 32 heavy (non-hydrogen) atoms. The number of nitrogens with zero attached hydrogens (tertiary/aromatic N) is 3. The van der Waals surface area contributed by atoms with E-state index in [4.69, 9.17) is 14.2 Å². The van der Waals surface area contributed by atoms with Gasteiger partial charge in [-0.25, -0.2) is 4.98 Å². The van der Waals surface area contributed by atoms with E-state index in [9.17, 15) is 4.79 Å². The summed E-state index contributed by atoms with van der Waals surface area (Å²) < 4.78 is 10.7. The molecular weight excluding hydrogens is 464 g/mol. The highest BCUT2D eigenvalue weighted by Gasteiger charge is 2.20. The van der Waals surface area contributed by atoms with E-state index in [0.29, 0.717) is 28.2 Å². The fraction of sp³-hybridized carbons (Fsp3) is 0.0909. The zero-order chi connectivity index (χ0) is 21.9. The molecule has 5 rings (SSSR count). The van der Waals surface area contributed by atoms with Crippen molar-refractivity contribution in [3.8, 4) is 26.1 Å². The first-order valence-electron chi connectivity index (χ1n) is 9.58. The number of thiazole rings is 1. The summed E-state index contributed by atoms with van der Waals surface area (Å²) >= 11 is 4.73. The summed E-state index contributed by atoms with van der Waals surface area (Å²) in [6.45, 7) is 1.81. The van der Waals surface area contributed by atoms with Crippen LogP contribution in [-0.4, -0.2) is 21.0 Å². The van der Waals surface area contributed by atoms with Gasteiger partial charge in [0.25, 0.3) is 5.91 Å². The molecule has 0 aliphatic carbocycles. The molecular formula is C22H16N4O3S3. The van der Waals surface area contributed by atoms with E-state index in [1.807, 2.05) is 29.0 Å². The van der Waals surface area contributed by atoms with Gasteiger partial charge in [0, 0.05) is 11.8 Å². The van der Waals surface area contributed by atoms with Gasteiger partial charge < -0.3 is 9.26 Å². The first-order valence-corrected chi connectivity index (χ1v) is 12.2. The molecule has 1 amide bonds. The van der Waals surface area contributed by atoms with Crippen molar-refractivity contribution in [2.24, 2.45) is 0 Å². The molecule has 1 N–H and O–H groups in total. The van der Waals surface area contributed by atoms with Gasteiger partial charge in [0.1, 0.15) is 11.4 Å². The SMILES string of the molecule is Cc1nc(COc2ccccc2C(=O)Nc2nc(-c3cccs3)c(-c3cccs3)s2)no1. The Morgan fingerprint density at radius 1 is 1.03 bits per heavy atom. The Morgan fingerprint density at radius 2 is 1.81 bits per heavy atom. The Bertz CT molecular complexity index is 1290. The summed E-state index contributed by atoms with van der Waals surface area (Å²) in [5.74, 6) is 1.01. The highest BCUT2D eigenvalue weighted by atomic mass is 32.1. The van der Waals surface area contributed by atoms with E-state index < -0.39 is 0 Å². The van der Waals surface area contributed by atoms with Crippen LogP contribution in [-0.2, 0) is 6.61 Å². The molecule has 1 aromatic carbocycles. The summed E-state index contributed by atoms with van der Waals surface area (Å²) in [5, 5.41) is 11.3. The minimum absolute atomic E-state index is 0.101. The third-order valence-electron chi connectivity index (χ3n) is 4.41.